The van der Waals surface area contributed by atoms with Crippen molar-refractivity contribution >= 4 is 28.5 Å². The highest BCUT2D eigenvalue weighted by molar-refractivity contribution is 6.07. The number of pyridine rings is 1. The fourth-order valence-electron chi connectivity index (χ4n) is 3.49. The molecule has 4 rings (SSSR count). The molecule has 0 bridgehead atoms. The summed E-state index contributed by atoms with van der Waals surface area (Å²) in [7, 11) is 0. The molecule has 5 nitrogen and oxygen atoms in total. The minimum absolute atomic E-state index is 0.342. The van der Waals surface area contributed by atoms with Gasteiger partial charge in [-0.3, -0.25) is 14.6 Å². The number of aromatic nitrogens is 1. The Kier molecular flexibility index (Phi) is 3.92. The molecular formula is C21H18N2O3. The molecule has 1 amide bonds. The van der Waals surface area contributed by atoms with Crippen molar-refractivity contribution in [1.82, 2.24) is 4.98 Å². The van der Waals surface area contributed by atoms with Gasteiger partial charge in [-0.25, -0.2) is 0 Å². The molecular weight excluding hydrogens is 328 g/mol. The Hall–Kier alpha value is -3.21. The first-order chi connectivity index (χ1) is 12.5. The number of rotatable bonds is 3. The Morgan fingerprint density at radius 3 is 2.73 bits per heavy atom. The molecule has 1 atom stereocenters. The Labute approximate surface area is 150 Å². The van der Waals surface area contributed by atoms with E-state index in [1.165, 1.54) is 0 Å². The van der Waals surface area contributed by atoms with Gasteiger partial charge in [-0.1, -0.05) is 30.3 Å². The molecule has 3 aromatic rings. The fourth-order valence-corrected chi connectivity index (χ4v) is 3.49. The summed E-state index contributed by atoms with van der Waals surface area (Å²) >= 11 is 0. The molecule has 0 aliphatic carbocycles. The van der Waals surface area contributed by atoms with E-state index in [0.717, 1.165) is 33.3 Å². The van der Waals surface area contributed by atoms with Crippen molar-refractivity contribution in [3.05, 3.63) is 60.3 Å². The minimum atomic E-state index is -1.05. The molecule has 0 spiro atoms. The number of carbonyl (C=O) groups is 2. The summed E-state index contributed by atoms with van der Waals surface area (Å²) in [5, 5.41) is 10.2. The molecule has 130 valence electrons. The van der Waals surface area contributed by atoms with E-state index in [-0.39, 0.29) is 5.91 Å². The lowest BCUT2D eigenvalue weighted by atomic mass is 10.0. The molecule has 26 heavy (non-hydrogen) atoms. The number of hydrogen-bond acceptors (Lipinski definition) is 3. The van der Waals surface area contributed by atoms with E-state index in [0.29, 0.717) is 13.0 Å². The molecule has 0 saturated carbocycles. The smallest absolute Gasteiger partial charge is 0.316 e. The molecule has 1 saturated heterocycles. The number of benzene rings is 2. The molecule has 1 aromatic heterocycles. The van der Waals surface area contributed by atoms with Crippen LogP contribution in [-0.2, 0) is 9.59 Å². The molecule has 2 heterocycles. The molecule has 1 aliphatic heterocycles. The van der Waals surface area contributed by atoms with E-state index in [4.69, 9.17) is 5.11 Å². The number of aliphatic carboxylic acids is 1. The van der Waals surface area contributed by atoms with Crippen LogP contribution in [0.3, 0.4) is 0 Å². The Morgan fingerprint density at radius 1 is 1.15 bits per heavy atom. The number of carboxylic acid groups (broad SMARTS) is 1. The summed E-state index contributed by atoms with van der Waals surface area (Å²) in [5.41, 5.74) is 4.74. The monoisotopic (exact) mass is 346 g/mol. The second-order valence-electron chi connectivity index (χ2n) is 6.59. The number of carbonyl (C=O) groups excluding carboxylic acids is 1. The highest BCUT2D eigenvalue weighted by Gasteiger charge is 2.37. The Bertz CT molecular complexity index is 1030. The van der Waals surface area contributed by atoms with Crippen LogP contribution in [0.1, 0.15) is 12.0 Å². The van der Waals surface area contributed by atoms with Crippen LogP contribution in [0, 0.1) is 12.8 Å². The van der Waals surface area contributed by atoms with Gasteiger partial charge in [0.1, 0.15) is 5.92 Å². The van der Waals surface area contributed by atoms with Gasteiger partial charge in [0.2, 0.25) is 5.91 Å². The second-order valence-corrected chi connectivity index (χ2v) is 6.59. The summed E-state index contributed by atoms with van der Waals surface area (Å²) in [4.78, 5) is 29.6. The number of anilines is 1. The lowest BCUT2D eigenvalue weighted by Crippen LogP contribution is -2.30. The molecule has 1 fully saturated rings. The molecule has 5 heteroatoms. The van der Waals surface area contributed by atoms with Crippen LogP contribution in [0.15, 0.2) is 54.7 Å². The molecule has 1 aliphatic rings. The number of carboxylic acids is 1. The number of fused-ring (bicyclic) bond motifs is 1. The van der Waals surface area contributed by atoms with Crippen molar-refractivity contribution in [3.63, 3.8) is 0 Å². The van der Waals surface area contributed by atoms with E-state index in [9.17, 15) is 9.59 Å². The zero-order valence-electron chi connectivity index (χ0n) is 14.3. The quantitative estimate of drug-likeness (QED) is 0.735. The van der Waals surface area contributed by atoms with Gasteiger partial charge in [0.05, 0.1) is 5.52 Å². The normalized spacial score (nSPS) is 17.0. The van der Waals surface area contributed by atoms with Crippen molar-refractivity contribution in [2.24, 2.45) is 5.92 Å². The predicted octanol–water partition coefficient (Wildman–Crippen LogP) is 3.65. The van der Waals surface area contributed by atoms with E-state index in [1.54, 1.807) is 4.90 Å². The Morgan fingerprint density at radius 2 is 1.96 bits per heavy atom. The lowest BCUT2D eigenvalue weighted by molar-refractivity contribution is -0.144. The van der Waals surface area contributed by atoms with Crippen LogP contribution in [-0.4, -0.2) is 28.5 Å². The van der Waals surface area contributed by atoms with E-state index < -0.39 is 11.9 Å². The van der Waals surface area contributed by atoms with Gasteiger partial charge >= 0.3 is 5.97 Å². The molecule has 0 unspecified atom stereocenters. The standard InChI is InChI=1S/C21H18N2O3/c1-13-4-2-6-15-10-16(12-22-19(13)15)14-5-3-7-17(11-14)23-9-8-18(20(23)24)21(25)26/h2-7,10-12,18H,8-9H2,1H3,(H,25,26)/t18-/m0/s1. The third-order valence-electron chi connectivity index (χ3n) is 4.91. The van der Waals surface area contributed by atoms with Gasteiger partial charge in [-0.05, 0) is 42.7 Å². The number of hydrogen-bond donors (Lipinski definition) is 1. The third kappa shape index (κ3) is 2.71. The third-order valence-corrected chi connectivity index (χ3v) is 4.91. The number of para-hydroxylation sites is 1. The van der Waals surface area contributed by atoms with Gasteiger partial charge in [0.25, 0.3) is 0 Å². The summed E-state index contributed by atoms with van der Waals surface area (Å²) in [6.45, 7) is 2.46. The van der Waals surface area contributed by atoms with Crippen molar-refractivity contribution in [2.45, 2.75) is 13.3 Å². The summed E-state index contributed by atoms with van der Waals surface area (Å²) < 4.78 is 0. The van der Waals surface area contributed by atoms with Crippen LogP contribution in [0.4, 0.5) is 5.69 Å². The Balaban J connectivity index is 1.70. The minimum Gasteiger partial charge on any atom is -0.481 e. The van der Waals surface area contributed by atoms with Crippen molar-refractivity contribution in [1.29, 1.82) is 0 Å². The summed E-state index contributed by atoms with van der Waals surface area (Å²) in [5.74, 6) is -2.34. The van der Waals surface area contributed by atoms with Crippen molar-refractivity contribution < 1.29 is 14.7 Å². The van der Waals surface area contributed by atoms with Crippen molar-refractivity contribution in [2.75, 3.05) is 11.4 Å². The van der Waals surface area contributed by atoms with E-state index in [2.05, 4.69) is 11.1 Å². The average Bonchev–Trinajstić information content (AvgIpc) is 3.03. The maximum atomic E-state index is 12.3. The van der Waals surface area contributed by atoms with Crippen LogP contribution in [0.25, 0.3) is 22.0 Å². The van der Waals surface area contributed by atoms with Crippen LogP contribution >= 0.6 is 0 Å². The lowest BCUT2D eigenvalue weighted by Gasteiger charge is -2.17. The van der Waals surface area contributed by atoms with Gasteiger partial charge < -0.3 is 10.0 Å². The first-order valence-corrected chi connectivity index (χ1v) is 8.54. The average molecular weight is 346 g/mol. The molecule has 0 radical (unpaired) electrons. The summed E-state index contributed by atoms with van der Waals surface area (Å²) in [6, 6.07) is 15.8. The predicted molar refractivity (Wildman–Crippen MR) is 100 cm³/mol. The van der Waals surface area contributed by atoms with E-state index >= 15 is 0 Å². The number of amides is 1. The van der Waals surface area contributed by atoms with Crippen LogP contribution in [0.2, 0.25) is 0 Å². The highest BCUT2D eigenvalue weighted by Crippen LogP contribution is 2.30. The van der Waals surface area contributed by atoms with Gasteiger partial charge in [0, 0.05) is 29.4 Å². The maximum absolute atomic E-state index is 12.3. The topological polar surface area (TPSA) is 70.5 Å². The van der Waals surface area contributed by atoms with Crippen molar-refractivity contribution in [3.8, 4) is 11.1 Å². The number of nitrogens with zero attached hydrogens (tertiary/aromatic N) is 2. The van der Waals surface area contributed by atoms with Gasteiger partial charge in [-0.2, -0.15) is 0 Å². The molecule has 2 aromatic carbocycles. The van der Waals surface area contributed by atoms with Gasteiger partial charge in [0.15, 0.2) is 0 Å². The SMILES string of the molecule is Cc1cccc2cc(-c3cccc(N4CC[C@H](C(=O)O)C4=O)c3)cnc12. The first kappa shape index (κ1) is 16.3. The van der Waals surface area contributed by atoms with Crippen LogP contribution in [0.5, 0.6) is 0 Å². The summed E-state index contributed by atoms with van der Waals surface area (Å²) in [6.07, 6.45) is 2.18. The zero-order chi connectivity index (χ0) is 18.3. The maximum Gasteiger partial charge on any atom is 0.316 e. The number of aryl methyl sites for hydroxylation is 1. The molecule has 1 N–H and O–H groups in total. The fraction of sp³-hybridized carbons (Fsp3) is 0.190. The van der Waals surface area contributed by atoms with E-state index in [1.807, 2.05) is 55.6 Å². The highest BCUT2D eigenvalue weighted by atomic mass is 16.4. The zero-order valence-corrected chi connectivity index (χ0v) is 14.3. The van der Waals surface area contributed by atoms with Crippen LogP contribution < -0.4 is 4.90 Å². The largest absolute Gasteiger partial charge is 0.481 e. The second kappa shape index (κ2) is 6.26. The first-order valence-electron chi connectivity index (χ1n) is 8.54. The van der Waals surface area contributed by atoms with Gasteiger partial charge in [-0.15, -0.1) is 0 Å².